The van der Waals surface area contributed by atoms with Gasteiger partial charge in [0.05, 0.1) is 16.1 Å². The van der Waals surface area contributed by atoms with Crippen molar-refractivity contribution in [2.24, 2.45) is 0 Å². The largest absolute Gasteiger partial charge is 0.507 e. The van der Waals surface area contributed by atoms with Crippen LogP contribution >= 0.6 is 11.6 Å². The summed E-state index contributed by atoms with van der Waals surface area (Å²) in [7, 11) is 0. The first kappa shape index (κ1) is 20.3. The van der Waals surface area contributed by atoms with E-state index in [1.807, 2.05) is 0 Å². The number of Topliss-reactive ketones (excluding diaryl/α,β-unsaturated/α-hetero) is 1. The molecule has 7 nitrogen and oxygen atoms in total. The second kappa shape index (κ2) is 8.04. The van der Waals surface area contributed by atoms with Crippen LogP contribution in [0.2, 0.25) is 5.02 Å². The van der Waals surface area contributed by atoms with Gasteiger partial charge >= 0.3 is 0 Å². The summed E-state index contributed by atoms with van der Waals surface area (Å²) in [6.07, 6.45) is 0. The summed E-state index contributed by atoms with van der Waals surface area (Å²) in [5.41, 5.74) is 0.260. The quantitative estimate of drug-likeness (QED) is 0.207. The third kappa shape index (κ3) is 3.55. The summed E-state index contributed by atoms with van der Waals surface area (Å²) in [5.74, 6) is -2.25. The van der Waals surface area contributed by atoms with Crippen molar-refractivity contribution in [3.8, 4) is 0 Å². The lowest BCUT2D eigenvalue weighted by Gasteiger charge is -2.25. The molecule has 31 heavy (non-hydrogen) atoms. The van der Waals surface area contributed by atoms with Gasteiger partial charge in [-0.3, -0.25) is 24.6 Å². The molecule has 1 N–H and O–H groups in total. The highest BCUT2D eigenvalue weighted by Crippen LogP contribution is 2.44. The van der Waals surface area contributed by atoms with Gasteiger partial charge in [-0.1, -0.05) is 41.9 Å². The number of ketones is 1. The third-order valence-corrected chi connectivity index (χ3v) is 5.28. The highest BCUT2D eigenvalue weighted by Gasteiger charge is 2.48. The minimum atomic E-state index is -1.18. The Morgan fingerprint density at radius 2 is 1.55 bits per heavy atom. The zero-order chi connectivity index (χ0) is 22.1. The van der Waals surface area contributed by atoms with Crippen LogP contribution in [0.4, 0.5) is 11.4 Å². The van der Waals surface area contributed by atoms with Crippen LogP contribution in [0.1, 0.15) is 17.2 Å². The number of amides is 1. The van der Waals surface area contributed by atoms with Crippen molar-refractivity contribution in [2.45, 2.75) is 6.04 Å². The molecule has 3 aromatic carbocycles. The number of anilines is 1. The summed E-state index contributed by atoms with van der Waals surface area (Å²) in [4.78, 5) is 38.3. The van der Waals surface area contributed by atoms with E-state index >= 15 is 0 Å². The van der Waals surface area contributed by atoms with E-state index < -0.39 is 28.4 Å². The first-order valence-electron chi connectivity index (χ1n) is 9.25. The van der Waals surface area contributed by atoms with Crippen LogP contribution in [0.3, 0.4) is 0 Å². The van der Waals surface area contributed by atoms with Gasteiger partial charge in [0.25, 0.3) is 17.4 Å². The molecule has 0 saturated carbocycles. The number of rotatable bonds is 4. The molecule has 1 amide bonds. The number of aliphatic hydroxyl groups is 1. The Morgan fingerprint density at radius 3 is 2.19 bits per heavy atom. The maximum absolute atomic E-state index is 13.0. The fraction of sp³-hybridized carbons (Fsp3) is 0.0435. The molecule has 0 aromatic heterocycles. The normalized spacial score (nSPS) is 17.7. The fourth-order valence-electron chi connectivity index (χ4n) is 3.63. The number of benzene rings is 3. The van der Waals surface area contributed by atoms with E-state index in [9.17, 15) is 24.8 Å². The molecule has 3 aromatic rings. The van der Waals surface area contributed by atoms with Crippen LogP contribution in [0.25, 0.3) is 5.76 Å². The van der Waals surface area contributed by atoms with E-state index in [0.29, 0.717) is 10.7 Å². The van der Waals surface area contributed by atoms with Crippen LogP contribution in [-0.2, 0) is 9.59 Å². The van der Waals surface area contributed by atoms with E-state index in [0.717, 1.165) is 0 Å². The van der Waals surface area contributed by atoms with E-state index in [-0.39, 0.29) is 22.4 Å². The number of carbonyl (C=O) groups excluding carboxylic acids is 2. The average molecular weight is 435 g/mol. The van der Waals surface area contributed by atoms with E-state index in [1.54, 1.807) is 36.4 Å². The lowest BCUT2D eigenvalue weighted by atomic mass is 9.94. The van der Waals surface area contributed by atoms with Gasteiger partial charge in [-0.25, -0.2) is 0 Å². The molecule has 8 heteroatoms. The molecule has 0 unspecified atom stereocenters. The van der Waals surface area contributed by atoms with Gasteiger partial charge in [0.15, 0.2) is 0 Å². The Balaban J connectivity index is 2.01. The minimum Gasteiger partial charge on any atom is -0.507 e. The Morgan fingerprint density at radius 1 is 0.935 bits per heavy atom. The Labute approximate surface area is 182 Å². The molecule has 4 rings (SSSR count). The van der Waals surface area contributed by atoms with Crippen LogP contribution in [-0.4, -0.2) is 21.7 Å². The molecular weight excluding hydrogens is 420 g/mol. The minimum absolute atomic E-state index is 0.117. The molecule has 154 valence electrons. The molecule has 0 radical (unpaired) electrons. The summed E-state index contributed by atoms with van der Waals surface area (Å²) in [6, 6.07) is 19.1. The number of carbonyl (C=O) groups is 2. The van der Waals surface area contributed by atoms with Gasteiger partial charge in [-0.15, -0.1) is 0 Å². The van der Waals surface area contributed by atoms with Gasteiger partial charge in [0.2, 0.25) is 0 Å². The number of halogens is 1. The maximum Gasteiger partial charge on any atom is 0.300 e. The second-order valence-electron chi connectivity index (χ2n) is 6.83. The number of nitrogens with zero attached hydrogens (tertiary/aromatic N) is 2. The maximum atomic E-state index is 13.0. The Kier molecular flexibility index (Phi) is 5.27. The Bertz CT molecular complexity index is 1220. The Hall–Kier alpha value is -3.97. The number of nitro groups is 1. The molecule has 1 saturated heterocycles. The van der Waals surface area contributed by atoms with Crippen molar-refractivity contribution in [1.29, 1.82) is 0 Å². The molecule has 1 aliphatic heterocycles. The predicted molar refractivity (Wildman–Crippen MR) is 116 cm³/mol. The van der Waals surface area contributed by atoms with E-state index in [2.05, 4.69) is 0 Å². The fourth-order valence-corrected chi connectivity index (χ4v) is 3.76. The van der Waals surface area contributed by atoms with Crippen molar-refractivity contribution >= 4 is 40.4 Å². The summed E-state index contributed by atoms with van der Waals surface area (Å²) < 4.78 is 0. The van der Waals surface area contributed by atoms with Crippen molar-refractivity contribution < 1.29 is 19.6 Å². The SMILES string of the molecule is O=C1C(=O)N(c2ccccc2)[C@H](c2ccccc2[N+](=O)[O-])/C1=C(\O)c1ccc(Cl)cc1. The lowest BCUT2D eigenvalue weighted by Crippen LogP contribution is -2.29. The molecule has 1 fully saturated rings. The molecule has 1 atom stereocenters. The molecule has 1 aliphatic rings. The highest BCUT2D eigenvalue weighted by molar-refractivity contribution is 6.51. The topological polar surface area (TPSA) is 101 Å². The van der Waals surface area contributed by atoms with Crippen molar-refractivity contribution in [1.82, 2.24) is 0 Å². The number of nitro benzene ring substituents is 1. The zero-order valence-electron chi connectivity index (χ0n) is 15.9. The molecule has 0 bridgehead atoms. The standard InChI is InChI=1S/C23H15ClN2O5/c24-15-12-10-14(11-13-15)21(27)19-20(17-8-4-5-9-18(17)26(30)31)25(23(29)22(19)28)16-6-2-1-3-7-16/h1-13,20,27H/b21-19+/t20-/m1/s1. The first-order valence-corrected chi connectivity index (χ1v) is 9.63. The summed E-state index contributed by atoms with van der Waals surface area (Å²) >= 11 is 5.91. The summed E-state index contributed by atoms with van der Waals surface area (Å²) in [6.45, 7) is 0. The van der Waals surface area contributed by atoms with E-state index in [1.165, 1.54) is 47.4 Å². The zero-order valence-corrected chi connectivity index (χ0v) is 16.7. The number of para-hydroxylation sites is 2. The van der Waals surface area contributed by atoms with Crippen molar-refractivity contribution in [3.05, 3.63) is 111 Å². The van der Waals surface area contributed by atoms with Gasteiger partial charge in [-0.2, -0.15) is 0 Å². The first-order chi connectivity index (χ1) is 14.9. The average Bonchev–Trinajstić information content (AvgIpc) is 3.05. The number of hydrogen-bond donors (Lipinski definition) is 1. The highest BCUT2D eigenvalue weighted by atomic mass is 35.5. The second-order valence-corrected chi connectivity index (χ2v) is 7.26. The predicted octanol–water partition coefficient (Wildman–Crippen LogP) is 4.87. The number of hydrogen-bond acceptors (Lipinski definition) is 5. The van der Waals surface area contributed by atoms with E-state index in [4.69, 9.17) is 11.6 Å². The lowest BCUT2D eigenvalue weighted by molar-refractivity contribution is -0.385. The summed E-state index contributed by atoms with van der Waals surface area (Å²) in [5, 5.41) is 23.1. The van der Waals surface area contributed by atoms with Crippen LogP contribution < -0.4 is 4.90 Å². The van der Waals surface area contributed by atoms with Crippen molar-refractivity contribution in [3.63, 3.8) is 0 Å². The van der Waals surface area contributed by atoms with Crippen LogP contribution in [0.15, 0.2) is 84.4 Å². The molecule has 0 aliphatic carbocycles. The van der Waals surface area contributed by atoms with Gasteiger partial charge in [0, 0.05) is 22.3 Å². The van der Waals surface area contributed by atoms with Gasteiger partial charge < -0.3 is 5.11 Å². The monoisotopic (exact) mass is 434 g/mol. The molecular formula is C23H15ClN2O5. The smallest absolute Gasteiger partial charge is 0.300 e. The van der Waals surface area contributed by atoms with Gasteiger partial charge in [-0.05, 0) is 42.5 Å². The van der Waals surface area contributed by atoms with Crippen LogP contribution in [0.5, 0.6) is 0 Å². The molecule has 0 spiro atoms. The molecule has 1 heterocycles. The number of aliphatic hydroxyl groups excluding tert-OH is 1. The van der Waals surface area contributed by atoms with Crippen LogP contribution in [0, 0.1) is 10.1 Å². The van der Waals surface area contributed by atoms with Crippen molar-refractivity contribution in [2.75, 3.05) is 4.90 Å². The third-order valence-electron chi connectivity index (χ3n) is 5.02. The van der Waals surface area contributed by atoms with Gasteiger partial charge in [0.1, 0.15) is 11.8 Å².